The van der Waals surface area contributed by atoms with Crippen LogP contribution < -0.4 is 0 Å². The lowest BCUT2D eigenvalue weighted by Crippen LogP contribution is -2.43. The molecule has 1 fully saturated rings. The Labute approximate surface area is 173 Å². The molecular formula is C23H33N3OS. The number of nitrogens with zero attached hydrogens (tertiary/aromatic N) is 3. The second-order valence-electron chi connectivity index (χ2n) is 8.91. The molecule has 3 heterocycles. The molecule has 28 heavy (non-hydrogen) atoms. The lowest BCUT2D eigenvalue weighted by Gasteiger charge is -2.37. The Morgan fingerprint density at radius 3 is 2.61 bits per heavy atom. The van der Waals surface area contributed by atoms with Gasteiger partial charge in [0.15, 0.2) is 0 Å². The maximum Gasteiger partial charge on any atom is 0.110 e. The van der Waals surface area contributed by atoms with Gasteiger partial charge in [-0.2, -0.15) is 0 Å². The van der Waals surface area contributed by atoms with Gasteiger partial charge in [0, 0.05) is 31.6 Å². The number of aromatic nitrogens is 1. The molecule has 2 aliphatic heterocycles. The normalized spacial score (nSPS) is 20.4. The minimum atomic E-state index is -0.739. The third kappa shape index (κ3) is 4.65. The summed E-state index contributed by atoms with van der Waals surface area (Å²) < 4.78 is 0. The molecule has 4 rings (SSSR count). The SMILES string of the molecule is CC(C)CCN1CCC(O)(c2csc(CN3CCc4ccccc4C3)n2)CC1. The summed E-state index contributed by atoms with van der Waals surface area (Å²) in [6.45, 7) is 10.6. The van der Waals surface area contributed by atoms with Gasteiger partial charge in [0.25, 0.3) is 0 Å². The van der Waals surface area contributed by atoms with Gasteiger partial charge in [0.1, 0.15) is 10.6 Å². The van der Waals surface area contributed by atoms with Crippen molar-refractivity contribution in [3.8, 4) is 0 Å². The Balaban J connectivity index is 1.33. The number of fused-ring (bicyclic) bond motifs is 1. The number of likely N-dealkylation sites (tertiary alicyclic amines) is 1. The molecule has 0 bridgehead atoms. The standard InChI is InChI=1S/C23H33N3OS/c1-18(2)7-11-25-13-9-23(27,10-14-25)21-17-28-22(24-21)16-26-12-8-19-5-3-4-6-20(19)15-26/h3-6,17-18,27H,7-16H2,1-2H3. The van der Waals surface area contributed by atoms with Crippen LogP contribution in [0.2, 0.25) is 0 Å². The predicted molar refractivity (Wildman–Crippen MR) is 115 cm³/mol. The number of hydrogen-bond acceptors (Lipinski definition) is 5. The lowest BCUT2D eigenvalue weighted by molar-refractivity contribution is -0.0296. The number of benzene rings is 1. The number of aliphatic hydroxyl groups is 1. The Hall–Kier alpha value is -1.27. The summed E-state index contributed by atoms with van der Waals surface area (Å²) in [7, 11) is 0. The smallest absolute Gasteiger partial charge is 0.110 e. The molecule has 1 aromatic heterocycles. The van der Waals surface area contributed by atoms with Crippen LogP contribution in [0.4, 0.5) is 0 Å². The number of hydrogen-bond donors (Lipinski definition) is 1. The minimum Gasteiger partial charge on any atom is -0.383 e. The lowest BCUT2D eigenvalue weighted by atomic mass is 9.88. The van der Waals surface area contributed by atoms with Crippen LogP contribution in [0.1, 0.15) is 54.9 Å². The fourth-order valence-electron chi connectivity index (χ4n) is 4.32. The van der Waals surface area contributed by atoms with E-state index in [0.717, 1.165) is 75.2 Å². The molecule has 1 saturated heterocycles. The predicted octanol–water partition coefficient (Wildman–Crippen LogP) is 4.03. The Kier molecular flexibility index (Phi) is 6.16. The van der Waals surface area contributed by atoms with Gasteiger partial charge in [-0.1, -0.05) is 38.1 Å². The molecule has 0 radical (unpaired) electrons. The van der Waals surface area contributed by atoms with E-state index in [4.69, 9.17) is 4.98 Å². The van der Waals surface area contributed by atoms with Crippen molar-refractivity contribution in [3.05, 3.63) is 51.5 Å². The average molecular weight is 400 g/mol. The largest absolute Gasteiger partial charge is 0.383 e. The van der Waals surface area contributed by atoms with Gasteiger partial charge in [-0.25, -0.2) is 4.98 Å². The van der Waals surface area contributed by atoms with Crippen molar-refractivity contribution in [2.24, 2.45) is 5.92 Å². The quantitative estimate of drug-likeness (QED) is 0.796. The van der Waals surface area contributed by atoms with Crippen molar-refractivity contribution >= 4 is 11.3 Å². The Morgan fingerprint density at radius 1 is 1.11 bits per heavy atom. The van der Waals surface area contributed by atoms with E-state index >= 15 is 0 Å². The average Bonchev–Trinajstić information content (AvgIpc) is 3.17. The summed E-state index contributed by atoms with van der Waals surface area (Å²) in [4.78, 5) is 9.83. The molecule has 0 atom stereocenters. The first-order valence-corrected chi connectivity index (χ1v) is 11.6. The van der Waals surface area contributed by atoms with Gasteiger partial charge < -0.3 is 10.0 Å². The van der Waals surface area contributed by atoms with Crippen LogP contribution in [0.3, 0.4) is 0 Å². The molecular weight excluding hydrogens is 366 g/mol. The molecule has 1 aromatic carbocycles. The highest BCUT2D eigenvalue weighted by Gasteiger charge is 2.36. The first kappa shape index (κ1) is 20.0. The van der Waals surface area contributed by atoms with E-state index in [1.54, 1.807) is 11.3 Å². The zero-order valence-electron chi connectivity index (χ0n) is 17.2. The van der Waals surface area contributed by atoms with Crippen LogP contribution in [0.25, 0.3) is 0 Å². The molecule has 2 aromatic rings. The fourth-order valence-corrected chi connectivity index (χ4v) is 5.25. The third-order valence-electron chi connectivity index (χ3n) is 6.30. The van der Waals surface area contributed by atoms with E-state index in [2.05, 4.69) is 53.3 Å². The van der Waals surface area contributed by atoms with Crippen molar-refractivity contribution in [3.63, 3.8) is 0 Å². The van der Waals surface area contributed by atoms with Crippen LogP contribution in [0.15, 0.2) is 29.6 Å². The second kappa shape index (κ2) is 8.62. The minimum absolute atomic E-state index is 0.739. The molecule has 5 heteroatoms. The summed E-state index contributed by atoms with van der Waals surface area (Å²) in [5, 5.41) is 14.4. The van der Waals surface area contributed by atoms with Gasteiger partial charge >= 0.3 is 0 Å². The zero-order chi connectivity index (χ0) is 19.6. The highest BCUT2D eigenvalue weighted by Crippen LogP contribution is 2.34. The summed E-state index contributed by atoms with van der Waals surface area (Å²) in [5.41, 5.74) is 3.08. The molecule has 4 nitrogen and oxygen atoms in total. The molecule has 0 aliphatic carbocycles. The topological polar surface area (TPSA) is 39.6 Å². The molecule has 0 amide bonds. The highest BCUT2D eigenvalue weighted by molar-refractivity contribution is 7.09. The Bertz CT molecular complexity index is 780. The zero-order valence-corrected chi connectivity index (χ0v) is 18.0. The highest BCUT2D eigenvalue weighted by atomic mass is 32.1. The van der Waals surface area contributed by atoms with E-state index in [1.165, 1.54) is 17.5 Å². The number of thiazole rings is 1. The van der Waals surface area contributed by atoms with Crippen molar-refractivity contribution in [1.82, 2.24) is 14.8 Å². The first-order valence-electron chi connectivity index (χ1n) is 10.7. The van der Waals surface area contributed by atoms with E-state index in [0.29, 0.717) is 0 Å². The molecule has 0 spiro atoms. The fraction of sp³-hybridized carbons (Fsp3) is 0.609. The van der Waals surface area contributed by atoms with Crippen LogP contribution in [-0.4, -0.2) is 46.1 Å². The number of rotatable bonds is 6. The number of piperidine rings is 1. The summed E-state index contributed by atoms with van der Waals surface area (Å²) in [6, 6.07) is 8.76. The third-order valence-corrected chi connectivity index (χ3v) is 7.14. The van der Waals surface area contributed by atoms with Crippen LogP contribution in [0, 0.1) is 5.92 Å². The van der Waals surface area contributed by atoms with Crippen molar-refractivity contribution < 1.29 is 5.11 Å². The van der Waals surface area contributed by atoms with E-state index in [-0.39, 0.29) is 0 Å². The monoisotopic (exact) mass is 399 g/mol. The van der Waals surface area contributed by atoms with Crippen LogP contribution >= 0.6 is 11.3 Å². The summed E-state index contributed by atoms with van der Waals surface area (Å²) in [6.07, 6.45) is 3.94. The van der Waals surface area contributed by atoms with Gasteiger partial charge in [-0.15, -0.1) is 11.3 Å². The molecule has 152 valence electrons. The van der Waals surface area contributed by atoms with E-state index in [1.807, 2.05) is 0 Å². The van der Waals surface area contributed by atoms with Crippen molar-refractivity contribution in [1.29, 1.82) is 0 Å². The summed E-state index contributed by atoms with van der Waals surface area (Å²) in [5.74, 6) is 0.740. The van der Waals surface area contributed by atoms with Gasteiger partial charge in [-0.05, 0) is 49.3 Å². The van der Waals surface area contributed by atoms with Crippen molar-refractivity contribution in [2.75, 3.05) is 26.2 Å². The molecule has 2 aliphatic rings. The second-order valence-corrected chi connectivity index (χ2v) is 9.85. The van der Waals surface area contributed by atoms with E-state index in [9.17, 15) is 5.11 Å². The van der Waals surface area contributed by atoms with Crippen molar-refractivity contribution in [2.45, 2.75) is 58.2 Å². The molecule has 0 saturated carbocycles. The molecule has 1 N–H and O–H groups in total. The first-order chi connectivity index (χ1) is 13.5. The van der Waals surface area contributed by atoms with Gasteiger partial charge in [0.05, 0.1) is 12.2 Å². The van der Waals surface area contributed by atoms with Gasteiger partial charge in [0.2, 0.25) is 0 Å². The maximum atomic E-state index is 11.2. The molecule has 0 unspecified atom stereocenters. The van der Waals surface area contributed by atoms with Crippen LogP contribution in [-0.2, 0) is 25.1 Å². The van der Waals surface area contributed by atoms with E-state index < -0.39 is 5.60 Å². The summed E-state index contributed by atoms with van der Waals surface area (Å²) >= 11 is 1.71. The van der Waals surface area contributed by atoms with Crippen LogP contribution in [0.5, 0.6) is 0 Å². The Morgan fingerprint density at radius 2 is 1.86 bits per heavy atom. The maximum absolute atomic E-state index is 11.2. The van der Waals surface area contributed by atoms with Gasteiger partial charge in [-0.3, -0.25) is 4.90 Å².